The summed E-state index contributed by atoms with van der Waals surface area (Å²) in [5.74, 6) is 0.793. The zero-order valence-electron chi connectivity index (χ0n) is 9.28. The van der Waals surface area contributed by atoms with Crippen molar-refractivity contribution in [3.8, 4) is 0 Å². The van der Waals surface area contributed by atoms with Gasteiger partial charge in [-0.3, -0.25) is 4.68 Å². The first kappa shape index (κ1) is 10.1. The molecule has 0 aliphatic heterocycles. The molecule has 0 aliphatic rings. The van der Waals surface area contributed by atoms with Crippen LogP contribution < -0.4 is 5.73 Å². The number of benzene rings is 1. The van der Waals surface area contributed by atoms with E-state index in [9.17, 15) is 0 Å². The molecule has 2 N–H and O–H groups in total. The quantitative estimate of drug-likeness (QED) is 0.747. The molecule has 0 fully saturated rings. The average molecular weight is 227 g/mol. The van der Waals surface area contributed by atoms with Gasteiger partial charge < -0.3 is 10.2 Å². The van der Waals surface area contributed by atoms with Crippen LogP contribution in [0.2, 0.25) is 0 Å². The van der Waals surface area contributed by atoms with Crippen molar-refractivity contribution in [1.29, 1.82) is 0 Å². The number of para-hydroxylation sites is 1. The van der Waals surface area contributed by atoms with Crippen LogP contribution in [0.15, 0.2) is 53.2 Å². The van der Waals surface area contributed by atoms with E-state index in [1.54, 1.807) is 10.9 Å². The predicted molar refractivity (Wildman–Crippen MR) is 65.4 cm³/mol. The molecule has 0 saturated carbocycles. The van der Waals surface area contributed by atoms with Gasteiger partial charge in [0.15, 0.2) is 0 Å². The number of hydrogen-bond donors (Lipinski definition) is 1. The number of fused-ring (bicyclic) bond motifs is 1. The highest BCUT2D eigenvalue weighted by atomic mass is 16.3. The molecule has 17 heavy (non-hydrogen) atoms. The van der Waals surface area contributed by atoms with Crippen LogP contribution in [0.4, 0.5) is 0 Å². The van der Waals surface area contributed by atoms with Gasteiger partial charge in [0.2, 0.25) is 0 Å². The number of rotatable bonds is 3. The third kappa shape index (κ3) is 1.94. The minimum atomic E-state index is -0.178. The lowest BCUT2D eigenvalue weighted by Crippen LogP contribution is -2.17. The van der Waals surface area contributed by atoms with E-state index in [-0.39, 0.29) is 6.04 Å². The molecule has 0 amide bonds. The van der Waals surface area contributed by atoms with Gasteiger partial charge in [0, 0.05) is 17.8 Å². The van der Waals surface area contributed by atoms with Crippen LogP contribution in [0.1, 0.15) is 11.8 Å². The predicted octanol–water partition coefficient (Wildman–Crippen LogP) is 2.33. The fourth-order valence-electron chi connectivity index (χ4n) is 1.89. The Balaban J connectivity index is 1.88. The topological polar surface area (TPSA) is 57.0 Å². The van der Waals surface area contributed by atoms with E-state index in [4.69, 9.17) is 10.2 Å². The summed E-state index contributed by atoms with van der Waals surface area (Å²) in [7, 11) is 0. The van der Waals surface area contributed by atoms with E-state index < -0.39 is 0 Å². The number of nitrogens with zero attached hydrogens (tertiary/aromatic N) is 2. The fraction of sp³-hybridized carbons (Fsp3) is 0.154. The van der Waals surface area contributed by atoms with Crippen LogP contribution in [0.5, 0.6) is 0 Å². The van der Waals surface area contributed by atoms with Gasteiger partial charge in [-0.05, 0) is 18.2 Å². The highest BCUT2D eigenvalue weighted by Crippen LogP contribution is 2.23. The van der Waals surface area contributed by atoms with Crippen molar-refractivity contribution in [2.24, 2.45) is 5.73 Å². The lowest BCUT2D eigenvalue weighted by atomic mass is 10.2. The molecule has 1 aromatic carbocycles. The minimum absolute atomic E-state index is 0.178. The van der Waals surface area contributed by atoms with Crippen LogP contribution >= 0.6 is 0 Å². The molecule has 0 spiro atoms. The number of furan rings is 1. The van der Waals surface area contributed by atoms with E-state index in [2.05, 4.69) is 5.10 Å². The van der Waals surface area contributed by atoms with E-state index in [1.807, 2.05) is 42.6 Å². The third-order valence-electron chi connectivity index (χ3n) is 2.75. The molecule has 4 nitrogen and oxygen atoms in total. The molecule has 4 heteroatoms. The van der Waals surface area contributed by atoms with E-state index in [1.165, 1.54) is 0 Å². The number of hydrogen-bond acceptors (Lipinski definition) is 3. The second-order valence-corrected chi connectivity index (χ2v) is 4.02. The van der Waals surface area contributed by atoms with Crippen LogP contribution in [0.25, 0.3) is 11.0 Å². The first-order chi connectivity index (χ1) is 8.33. The van der Waals surface area contributed by atoms with Crippen molar-refractivity contribution in [2.45, 2.75) is 12.6 Å². The Morgan fingerprint density at radius 1 is 1.29 bits per heavy atom. The van der Waals surface area contributed by atoms with Crippen LogP contribution in [0, 0.1) is 0 Å². The average Bonchev–Trinajstić information content (AvgIpc) is 2.96. The van der Waals surface area contributed by atoms with E-state index >= 15 is 0 Å². The van der Waals surface area contributed by atoms with E-state index in [0.29, 0.717) is 6.54 Å². The molecule has 2 heterocycles. The maximum absolute atomic E-state index is 6.10. The van der Waals surface area contributed by atoms with Gasteiger partial charge in [0.1, 0.15) is 11.3 Å². The maximum atomic E-state index is 6.10. The zero-order chi connectivity index (χ0) is 11.7. The molecule has 0 bridgehead atoms. The lowest BCUT2D eigenvalue weighted by molar-refractivity contribution is 0.438. The van der Waals surface area contributed by atoms with Gasteiger partial charge in [-0.25, -0.2) is 0 Å². The van der Waals surface area contributed by atoms with Gasteiger partial charge in [-0.2, -0.15) is 5.10 Å². The van der Waals surface area contributed by atoms with Crippen molar-refractivity contribution >= 4 is 11.0 Å². The third-order valence-corrected chi connectivity index (χ3v) is 2.75. The number of nitrogens with two attached hydrogens (primary N) is 1. The van der Waals surface area contributed by atoms with Gasteiger partial charge >= 0.3 is 0 Å². The lowest BCUT2D eigenvalue weighted by Gasteiger charge is -2.08. The van der Waals surface area contributed by atoms with E-state index in [0.717, 1.165) is 16.7 Å². The second kappa shape index (κ2) is 4.07. The summed E-state index contributed by atoms with van der Waals surface area (Å²) < 4.78 is 7.52. The Morgan fingerprint density at radius 3 is 2.94 bits per heavy atom. The zero-order valence-corrected chi connectivity index (χ0v) is 9.28. The fourth-order valence-corrected chi connectivity index (χ4v) is 1.89. The van der Waals surface area contributed by atoms with Crippen molar-refractivity contribution in [1.82, 2.24) is 9.78 Å². The molecule has 0 radical (unpaired) electrons. The molecule has 0 saturated heterocycles. The molecule has 86 valence electrons. The van der Waals surface area contributed by atoms with Gasteiger partial charge in [0.25, 0.3) is 0 Å². The van der Waals surface area contributed by atoms with Gasteiger partial charge in [-0.15, -0.1) is 0 Å². The first-order valence-corrected chi connectivity index (χ1v) is 5.54. The summed E-state index contributed by atoms with van der Waals surface area (Å²) in [5.41, 5.74) is 6.97. The van der Waals surface area contributed by atoms with Crippen molar-refractivity contribution in [3.63, 3.8) is 0 Å². The molecule has 2 aromatic heterocycles. The Labute approximate surface area is 98.6 Å². The monoisotopic (exact) mass is 227 g/mol. The summed E-state index contributed by atoms with van der Waals surface area (Å²) in [4.78, 5) is 0. The Hall–Kier alpha value is -2.07. The number of aromatic nitrogens is 2. The molecule has 3 aromatic rings. The van der Waals surface area contributed by atoms with Crippen molar-refractivity contribution in [2.75, 3.05) is 0 Å². The first-order valence-electron chi connectivity index (χ1n) is 5.54. The summed E-state index contributed by atoms with van der Waals surface area (Å²) in [6.07, 6.45) is 3.63. The van der Waals surface area contributed by atoms with Crippen molar-refractivity contribution in [3.05, 3.63) is 54.6 Å². The second-order valence-electron chi connectivity index (χ2n) is 4.02. The van der Waals surface area contributed by atoms with Crippen LogP contribution in [-0.4, -0.2) is 9.78 Å². The SMILES string of the molecule is NC(Cn1cccn1)c1cc2ccccc2o1. The smallest absolute Gasteiger partial charge is 0.134 e. The Kier molecular flexibility index (Phi) is 2.42. The minimum Gasteiger partial charge on any atom is -0.459 e. The molecule has 1 atom stereocenters. The normalized spacial score (nSPS) is 13.0. The van der Waals surface area contributed by atoms with Gasteiger partial charge in [-0.1, -0.05) is 18.2 Å². The molecule has 1 unspecified atom stereocenters. The Bertz CT molecular complexity index is 579. The highest BCUT2D eigenvalue weighted by molar-refractivity contribution is 5.77. The summed E-state index contributed by atoms with van der Waals surface area (Å²) >= 11 is 0. The van der Waals surface area contributed by atoms with Crippen molar-refractivity contribution < 1.29 is 4.42 Å². The summed E-state index contributed by atoms with van der Waals surface area (Å²) in [6.45, 7) is 0.618. The molecule has 3 rings (SSSR count). The van der Waals surface area contributed by atoms with Crippen LogP contribution in [-0.2, 0) is 6.54 Å². The largest absolute Gasteiger partial charge is 0.459 e. The summed E-state index contributed by atoms with van der Waals surface area (Å²) in [6, 6.07) is 11.6. The van der Waals surface area contributed by atoms with Gasteiger partial charge in [0.05, 0.1) is 12.6 Å². The molecular formula is C13H13N3O. The Morgan fingerprint density at radius 2 is 2.18 bits per heavy atom. The van der Waals surface area contributed by atoms with Crippen LogP contribution in [0.3, 0.4) is 0 Å². The highest BCUT2D eigenvalue weighted by Gasteiger charge is 2.12. The molecule has 0 aliphatic carbocycles. The molecular weight excluding hydrogens is 214 g/mol. The standard InChI is InChI=1S/C13H13N3O/c14-11(9-16-7-3-6-15-16)13-8-10-4-1-2-5-12(10)17-13/h1-8,11H,9,14H2. The maximum Gasteiger partial charge on any atom is 0.134 e. The summed E-state index contributed by atoms with van der Waals surface area (Å²) in [5, 5.41) is 5.21.